The highest BCUT2D eigenvalue weighted by Crippen LogP contribution is 2.45. The number of nitro benzene ring substituents is 2. The Kier molecular flexibility index (Phi) is 2.96. The van der Waals surface area contributed by atoms with Crippen LogP contribution in [0, 0.1) is 20.2 Å². The van der Waals surface area contributed by atoms with Gasteiger partial charge in [-0.25, -0.2) is 9.59 Å². The highest BCUT2D eigenvalue weighted by atomic mass is 16.6. The first kappa shape index (κ1) is 14.4. The molecule has 23 heavy (non-hydrogen) atoms. The lowest BCUT2D eigenvalue weighted by atomic mass is 9.94. The molecule has 1 aliphatic heterocycles. The molecule has 0 fully saturated rings. The third-order valence-corrected chi connectivity index (χ3v) is 3.42. The van der Waals surface area contributed by atoms with Gasteiger partial charge in [-0.05, 0) is 6.07 Å². The number of esters is 2. The van der Waals surface area contributed by atoms with Gasteiger partial charge in [-0.15, -0.1) is 0 Å². The van der Waals surface area contributed by atoms with E-state index in [2.05, 4.69) is 4.74 Å². The van der Waals surface area contributed by atoms with Crippen LogP contribution in [0.1, 0.15) is 20.7 Å². The molecule has 0 radical (unpaired) electrons. The molecule has 0 aliphatic carbocycles. The van der Waals surface area contributed by atoms with E-state index in [1.807, 2.05) is 0 Å². The van der Waals surface area contributed by atoms with E-state index in [1.54, 1.807) is 0 Å². The van der Waals surface area contributed by atoms with Crippen molar-refractivity contribution in [2.45, 2.75) is 0 Å². The molecule has 0 saturated carbocycles. The SMILES string of the molecule is COc1cc2c3c(ccc([N+](=O)[O-])c3c1[N+](=O)[O-])C(=O)OC2=O. The lowest BCUT2D eigenvalue weighted by Crippen LogP contribution is -2.20. The summed E-state index contributed by atoms with van der Waals surface area (Å²) in [4.78, 5) is 44.5. The number of ether oxygens (including phenoxy) is 2. The standard InChI is InChI=1S/C13H6N2O8/c1-22-8-4-6-9-5(12(16)23-13(6)17)2-3-7(14(18)19)10(9)11(8)15(20)21/h2-4H,1H3. The van der Waals surface area contributed by atoms with Crippen LogP contribution in [-0.2, 0) is 4.74 Å². The summed E-state index contributed by atoms with van der Waals surface area (Å²) in [7, 11) is 1.12. The molecule has 0 bridgehead atoms. The van der Waals surface area contributed by atoms with Crippen LogP contribution in [0.3, 0.4) is 0 Å². The van der Waals surface area contributed by atoms with E-state index in [4.69, 9.17) is 4.74 Å². The van der Waals surface area contributed by atoms with Crippen molar-refractivity contribution in [2.24, 2.45) is 0 Å². The van der Waals surface area contributed by atoms with Crippen LogP contribution in [-0.4, -0.2) is 28.9 Å². The van der Waals surface area contributed by atoms with Gasteiger partial charge in [0, 0.05) is 17.5 Å². The Hall–Kier alpha value is -3.56. The highest BCUT2D eigenvalue weighted by Gasteiger charge is 2.37. The first-order valence-corrected chi connectivity index (χ1v) is 6.09. The summed E-state index contributed by atoms with van der Waals surface area (Å²) in [6.07, 6.45) is 0. The number of nitrogens with zero attached hydrogens (tertiary/aromatic N) is 2. The second kappa shape index (κ2) is 4.73. The molecule has 1 aliphatic rings. The van der Waals surface area contributed by atoms with Gasteiger partial charge in [0.05, 0.1) is 28.1 Å². The fourth-order valence-corrected chi connectivity index (χ4v) is 2.52. The summed E-state index contributed by atoms with van der Waals surface area (Å²) in [6.45, 7) is 0. The van der Waals surface area contributed by atoms with E-state index in [1.165, 1.54) is 0 Å². The van der Waals surface area contributed by atoms with Gasteiger partial charge >= 0.3 is 17.6 Å². The second-order valence-electron chi connectivity index (χ2n) is 4.55. The Balaban J connectivity index is 2.65. The zero-order chi connectivity index (χ0) is 16.9. The molecule has 10 heteroatoms. The number of carbonyl (C=O) groups excluding carboxylic acids is 2. The molecular weight excluding hydrogens is 312 g/mol. The molecule has 0 atom stereocenters. The maximum atomic E-state index is 11.9. The van der Waals surface area contributed by atoms with E-state index < -0.39 is 38.5 Å². The van der Waals surface area contributed by atoms with Crippen molar-refractivity contribution in [2.75, 3.05) is 7.11 Å². The summed E-state index contributed by atoms with van der Waals surface area (Å²) in [5.41, 5.74) is -1.67. The second-order valence-corrected chi connectivity index (χ2v) is 4.55. The Labute approximate surface area is 126 Å². The van der Waals surface area contributed by atoms with Crippen molar-refractivity contribution in [3.05, 3.63) is 49.6 Å². The minimum Gasteiger partial charge on any atom is -0.490 e. The molecule has 3 rings (SSSR count). The van der Waals surface area contributed by atoms with Crippen molar-refractivity contribution >= 4 is 34.1 Å². The van der Waals surface area contributed by atoms with Crippen LogP contribution in [0.2, 0.25) is 0 Å². The van der Waals surface area contributed by atoms with Gasteiger partial charge in [0.25, 0.3) is 5.69 Å². The molecule has 0 aromatic heterocycles. The van der Waals surface area contributed by atoms with Crippen molar-refractivity contribution in [1.29, 1.82) is 0 Å². The van der Waals surface area contributed by atoms with E-state index >= 15 is 0 Å². The molecule has 1 heterocycles. The maximum absolute atomic E-state index is 11.9. The van der Waals surface area contributed by atoms with Crippen LogP contribution in [0.5, 0.6) is 5.75 Å². The number of nitro groups is 2. The van der Waals surface area contributed by atoms with Gasteiger partial charge in [0.2, 0.25) is 0 Å². The normalized spacial score (nSPS) is 12.9. The maximum Gasteiger partial charge on any atom is 0.346 e. The number of hydrogen-bond donors (Lipinski definition) is 0. The van der Waals surface area contributed by atoms with Gasteiger partial charge in [0.1, 0.15) is 5.39 Å². The zero-order valence-corrected chi connectivity index (χ0v) is 11.4. The van der Waals surface area contributed by atoms with Crippen LogP contribution in [0.4, 0.5) is 11.4 Å². The lowest BCUT2D eigenvalue weighted by Gasteiger charge is -2.16. The van der Waals surface area contributed by atoms with E-state index in [0.717, 1.165) is 25.3 Å². The Morgan fingerprint density at radius 3 is 2.22 bits per heavy atom. The Morgan fingerprint density at radius 2 is 1.65 bits per heavy atom. The number of methoxy groups -OCH3 is 1. The van der Waals surface area contributed by atoms with Gasteiger partial charge < -0.3 is 9.47 Å². The van der Waals surface area contributed by atoms with Gasteiger partial charge in [0.15, 0.2) is 5.75 Å². The Bertz CT molecular complexity index is 933. The monoisotopic (exact) mass is 318 g/mol. The predicted octanol–water partition coefficient (Wildman–Crippen LogP) is 1.98. The molecular formula is C13H6N2O8. The number of cyclic esters (lactones) is 2. The summed E-state index contributed by atoms with van der Waals surface area (Å²) < 4.78 is 9.40. The van der Waals surface area contributed by atoms with Crippen LogP contribution >= 0.6 is 0 Å². The van der Waals surface area contributed by atoms with Crippen LogP contribution in [0.25, 0.3) is 10.8 Å². The fourth-order valence-electron chi connectivity index (χ4n) is 2.52. The largest absolute Gasteiger partial charge is 0.490 e. The summed E-state index contributed by atoms with van der Waals surface area (Å²) >= 11 is 0. The van der Waals surface area contributed by atoms with E-state index in [0.29, 0.717) is 0 Å². The quantitative estimate of drug-likeness (QED) is 0.362. The number of benzene rings is 2. The Morgan fingerprint density at radius 1 is 1.00 bits per heavy atom. The van der Waals surface area contributed by atoms with Gasteiger partial charge in [-0.3, -0.25) is 20.2 Å². The number of hydrogen-bond acceptors (Lipinski definition) is 8. The first-order chi connectivity index (χ1) is 10.9. The van der Waals surface area contributed by atoms with Gasteiger partial charge in [-0.1, -0.05) is 0 Å². The van der Waals surface area contributed by atoms with Crippen molar-refractivity contribution in [1.82, 2.24) is 0 Å². The molecule has 0 amide bonds. The minimum atomic E-state index is -1.05. The van der Waals surface area contributed by atoms with Crippen molar-refractivity contribution < 1.29 is 28.9 Å². The molecule has 0 unspecified atom stereocenters. The average molecular weight is 318 g/mol. The van der Waals surface area contributed by atoms with Crippen molar-refractivity contribution in [3.8, 4) is 5.75 Å². The topological polar surface area (TPSA) is 139 Å². The molecule has 0 saturated heterocycles. The average Bonchev–Trinajstić information content (AvgIpc) is 2.50. The number of rotatable bonds is 3. The molecule has 0 spiro atoms. The molecule has 2 aromatic rings. The van der Waals surface area contributed by atoms with Crippen LogP contribution < -0.4 is 4.74 Å². The highest BCUT2D eigenvalue weighted by molar-refractivity contribution is 6.24. The predicted molar refractivity (Wildman–Crippen MR) is 73.6 cm³/mol. The summed E-state index contributed by atoms with van der Waals surface area (Å²) in [5.74, 6) is -2.42. The van der Waals surface area contributed by atoms with Crippen molar-refractivity contribution in [3.63, 3.8) is 0 Å². The van der Waals surface area contributed by atoms with Gasteiger partial charge in [-0.2, -0.15) is 0 Å². The molecule has 2 aromatic carbocycles. The fraction of sp³-hybridized carbons (Fsp3) is 0.0769. The molecule has 10 nitrogen and oxygen atoms in total. The third-order valence-electron chi connectivity index (χ3n) is 3.42. The third kappa shape index (κ3) is 1.88. The summed E-state index contributed by atoms with van der Waals surface area (Å²) in [6, 6.07) is 3.07. The van der Waals surface area contributed by atoms with Crippen LogP contribution in [0.15, 0.2) is 18.2 Å². The number of non-ortho nitro benzene ring substituents is 1. The minimum absolute atomic E-state index is 0.161. The summed E-state index contributed by atoms with van der Waals surface area (Å²) in [5, 5.41) is 22.0. The smallest absolute Gasteiger partial charge is 0.346 e. The first-order valence-electron chi connectivity index (χ1n) is 6.09. The number of carbonyl (C=O) groups is 2. The molecule has 116 valence electrons. The zero-order valence-electron chi connectivity index (χ0n) is 11.4. The lowest BCUT2D eigenvalue weighted by molar-refractivity contribution is -0.390. The van der Waals surface area contributed by atoms with E-state index in [9.17, 15) is 29.8 Å². The molecule has 0 N–H and O–H groups in total. The van der Waals surface area contributed by atoms with E-state index in [-0.39, 0.29) is 22.3 Å².